The van der Waals surface area contributed by atoms with Crippen molar-refractivity contribution in [2.45, 2.75) is 12.6 Å². The quantitative estimate of drug-likeness (QED) is 0.647. The first kappa shape index (κ1) is 9.02. The number of nitrogens with one attached hydrogen (secondary N) is 1. The van der Waals surface area contributed by atoms with Gasteiger partial charge in [-0.3, -0.25) is 0 Å². The van der Waals surface area contributed by atoms with Gasteiger partial charge in [-0.05, 0) is 0 Å². The Balaban J connectivity index is 3.08. The number of rotatable bonds is 1. The van der Waals surface area contributed by atoms with Crippen LogP contribution in [-0.4, -0.2) is 4.98 Å². The minimum Gasteiger partial charge on any atom is -0.367 e. The minimum absolute atomic E-state index is 0.515. The van der Waals surface area contributed by atoms with Crippen LogP contribution in [0.25, 0.3) is 0 Å². The number of hydrogen-bond donors (Lipinski definition) is 1. The van der Waals surface area contributed by atoms with Gasteiger partial charge in [-0.1, -0.05) is 0 Å². The van der Waals surface area contributed by atoms with E-state index in [1.807, 2.05) is 4.98 Å². The Hall–Kier alpha value is -1.07. The Morgan fingerprint density at radius 3 is 2.08 bits per heavy atom. The third-order valence-electron chi connectivity index (χ3n) is 1.32. The molecule has 68 valence electrons. The molecule has 1 rings (SSSR count). The maximum absolute atomic E-state index is 11.9. The average Bonchev–Trinajstić information content (AvgIpc) is 2.30. The highest BCUT2D eigenvalue weighted by Gasteiger charge is 2.36. The lowest BCUT2D eigenvalue weighted by Crippen LogP contribution is -2.06. The van der Waals surface area contributed by atoms with Gasteiger partial charge in [-0.15, -0.1) is 0 Å². The van der Waals surface area contributed by atoms with Crippen LogP contribution in [0.5, 0.6) is 0 Å². The van der Waals surface area contributed by atoms with E-state index in [0.29, 0.717) is 12.4 Å². The van der Waals surface area contributed by atoms with Crippen molar-refractivity contribution in [1.82, 2.24) is 4.98 Å². The van der Waals surface area contributed by atoms with Crippen molar-refractivity contribution in [2.75, 3.05) is 0 Å². The van der Waals surface area contributed by atoms with E-state index in [0.717, 1.165) is 0 Å². The van der Waals surface area contributed by atoms with Gasteiger partial charge in [0.05, 0.1) is 5.56 Å². The summed E-state index contributed by atoms with van der Waals surface area (Å²) in [5.74, 6) is 0. The maximum Gasteiger partial charge on any atom is 0.418 e. The Kier molecular flexibility index (Phi) is 2.08. The van der Waals surface area contributed by atoms with E-state index >= 15 is 0 Å². The predicted octanol–water partition coefficient (Wildman–Crippen LogP) is 2.97. The number of aromatic amines is 1. The molecular weight excluding hydrogens is 181 g/mol. The highest BCUT2D eigenvalue weighted by molar-refractivity contribution is 5.26. The van der Waals surface area contributed by atoms with Crippen molar-refractivity contribution >= 4 is 0 Å². The summed E-state index contributed by atoms with van der Waals surface area (Å²) in [5.41, 5.74) is -2.32. The SMILES string of the molecule is FC(F)c1c[nH]cc1C(F)(F)F. The van der Waals surface area contributed by atoms with Crippen LogP contribution in [0.15, 0.2) is 12.4 Å². The molecule has 0 aliphatic carbocycles. The van der Waals surface area contributed by atoms with Gasteiger partial charge < -0.3 is 4.98 Å². The topological polar surface area (TPSA) is 15.8 Å². The second-order valence-electron chi connectivity index (χ2n) is 2.12. The van der Waals surface area contributed by atoms with E-state index in [4.69, 9.17) is 0 Å². The molecule has 0 atom stereocenters. The molecule has 6 heteroatoms. The van der Waals surface area contributed by atoms with Crippen LogP contribution in [0.4, 0.5) is 22.0 Å². The zero-order valence-corrected chi connectivity index (χ0v) is 5.62. The number of alkyl halides is 5. The molecule has 1 heterocycles. The number of H-pyrrole nitrogens is 1. The maximum atomic E-state index is 11.9. The molecule has 0 saturated heterocycles. The van der Waals surface area contributed by atoms with E-state index < -0.39 is 23.7 Å². The molecule has 0 spiro atoms. The first-order chi connectivity index (χ1) is 5.43. The van der Waals surface area contributed by atoms with Gasteiger partial charge in [-0.2, -0.15) is 13.2 Å². The summed E-state index contributed by atoms with van der Waals surface area (Å²) < 4.78 is 59.4. The van der Waals surface area contributed by atoms with Gasteiger partial charge in [0.2, 0.25) is 0 Å². The molecule has 1 N–H and O–H groups in total. The van der Waals surface area contributed by atoms with Crippen molar-refractivity contribution in [3.8, 4) is 0 Å². The molecule has 0 aliphatic rings. The summed E-state index contributed by atoms with van der Waals surface area (Å²) in [6, 6.07) is 0. The molecular formula is C6H4F5N. The predicted molar refractivity (Wildman–Crippen MR) is 30.8 cm³/mol. The second-order valence-corrected chi connectivity index (χ2v) is 2.12. The van der Waals surface area contributed by atoms with Gasteiger partial charge in [0, 0.05) is 18.0 Å². The Morgan fingerprint density at radius 2 is 1.75 bits per heavy atom. The van der Waals surface area contributed by atoms with Crippen LogP contribution in [0.3, 0.4) is 0 Å². The number of hydrogen-bond acceptors (Lipinski definition) is 0. The van der Waals surface area contributed by atoms with Gasteiger partial charge >= 0.3 is 6.18 Å². The molecule has 0 fully saturated rings. The fourth-order valence-corrected chi connectivity index (χ4v) is 0.802. The minimum atomic E-state index is -4.72. The molecule has 1 aromatic rings. The molecule has 12 heavy (non-hydrogen) atoms. The molecule has 0 aromatic carbocycles. The molecule has 0 radical (unpaired) electrons. The van der Waals surface area contributed by atoms with E-state index in [1.54, 1.807) is 0 Å². The molecule has 0 unspecified atom stereocenters. The number of aromatic nitrogens is 1. The zero-order valence-electron chi connectivity index (χ0n) is 5.62. The van der Waals surface area contributed by atoms with Crippen LogP contribution in [-0.2, 0) is 6.18 Å². The third-order valence-corrected chi connectivity index (χ3v) is 1.32. The smallest absolute Gasteiger partial charge is 0.367 e. The fourth-order valence-electron chi connectivity index (χ4n) is 0.802. The lowest BCUT2D eigenvalue weighted by Gasteiger charge is -2.05. The first-order valence-electron chi connectivity index (χ1n) is 2.95. The van der Waals surface area contributed by atoms with Crippen molar-refractivity contribution in [3.05, 3.63) is 23.5 Å². The van der Waals surface area contributed by atoms with Gasteiger partial charge in [0.1, 0.15) is 0 Å². The van der Waals surface area contributed by atoms with Crippen LogP contribution < -0.4 is 0 Å². The summed E-state index contributed by atoms with van der Waals surface area (Å²) in [6.45, 7) is 0. The normalized spacial score (nSPS) is 12.5. The van der Waals surface area contributed by atoms with Crippen molar-refractivity contribution in [3.63, 3.8) is 0 Å². The Bertz CT molecular complexity index is 261. The van der Waals surface area contributed by atoms with Gasteiger partial charge in [0.15, 0.2) is 0 Å². The summed E-state index contributed by atoms with van der Waals surface area (Å²) in [6.07, 6.45) is -6.66. The molecule has 0 bridgehead atoms. The zero-order chi connectivity index (χ0) is 9.35. The van der Waals surface area contributed by atoms with Crippen LogP contribution in [0, 0.1) is 0 Å². The van der Waals surface area contributed by atoms with Crippen LogP contribution in [0.1, 0.15) is 17.6 Å². The van der Waals surface area contributed by atoms with Crippen LogP contribution in [0.2, 0.25) is 0 Å². The third kappa shape index (κ3) is 1.57. The van der Waals surface area contributed by atoms with Crippen LogP contribution >= 0.6 is 0 Å². The monoisotopic (exact) mass is 185 g/mol. The molecule has 0 aliphatic heterocycles. The standard InChI is InChI=1S/C6H4F5N/c7-5(8)3-1-12-2-4(3)6(9,10)11/h1-2,5,12H. The molecule has 0 amide bonds. The second kappa shape index (κ2) is 2.76. The molecule has 1 nitrogen and oxygen atoms in total. The highest BCUT2D eigenvalue weighted by Crippen LogP contribution is 2.35. The largest absolute Gasteiger partial charge is 0.418 e. The number of halogens is 5. The Morgan fingerprint density at radius 1 is 1.17 bits per heavy atom. The lowest BCUT2D eigenvalue weighted by atomic mass is 10.2. The van der Waals surface area contributed by atoms with Gasteiger partial charge in [-0.25, -0.2) is 8.78 Å². The summed E-state index contributed by atoms with van der Waals surface area (Å²) in [7, 11) is 0. The fraction of sp³-hybridized carbons (Fsp3) is 0.333. The van der Waals surface area contributed by atoms with Gasteiger partial charge in [0.25, 0.3) is 6.43 Å². The summed E-state index contributed by atoms with van der Waals surface area (Å²) >= 11 is 0. The summed E-state index contributed by atoms with van der Waals surface area (Å²) in [4.78, 5) is 1.99. The van der Waals surface area contributed by atoms with E-state index in [2.05, 4.69) is 0 Å². The van der Waals surface area contributed by atoms with Crippen molar-refractivity contribution in [1.29, 1.82) is 0 Å². The molecule has 0 saturated carbocycles. The Labute approximate surface area is 64.2 Å². The lowest BCUT2D eigenvalue weighted by molar-refractivity contribution is -0.139. The first-order valence-corrected chi connectivity index (χ1v) is 2.95. The molecule has 1 aromatic heterocycles. The summed E-state index contributed by atoms with van der Waals surface area (Å²) in [5, 5.41) is 0. The van der Waals surface area contributed by atoms with E-state index in [9.17, 15) is 22.0 Å². The van der Waals surface area contributed by atoms with E-state index in [1.165, 1.54) is 0 Å². The average molecular weight is 185 g/mol. The van der Waals surface area contributed by atoms with E-state index in [-0.39, 0.29) is 0 Å². The highest BCUT2D eigenvalue weighted by atomic mass is 19.4. The van der Waals surface area contributed by atoms with Crippen molar-refractivity contribution < 1.29 is 22.0 Å². The van der Waals surface area contributed by atoms with Crippen molar-refractivity contribution in [2.24, 2.45) is 0 Å².